The van der Waals surface area contributed by atoms with E-state index in [0.29, 0.717) is 5.56 Å². The number of rotatable bonds is 3. The Morgan fingerprint density at radius 3 is 2.55 bits per heavy atom. The van der Waals surface area contributed by atoms with Gasteiger partial charge >= 0.3 is 0 Å². The number of aromatic nitrogens is 2. The standard InChI is InChI=1S/C16H16FN3/c1-11(18)16(13-7-3-4-8-14(13)17)20-15-9-5-2-6-12(15)10-19-20/h2-11,16H,18H2,1H3. The van der Waals surface area contributed by atoms with Crippen LogP contribution in [0.15, 0.2) is 54.7 Å². The molecule has 0 aliphatic carbocycles. The second kappa shape index (κ2) is 5.06. The van der Waals surface area contributed by atoms with Crippen LogP contribution in [0.25, 0.3) is 10.9 Å². The van der Waals surface area contributed by atoms with E-state index < -0.39 is 0 Å². The molecule has 0 bridgehead atoms. The lowest BCUT2D eigenvalue weighted by Crippen LogP contribution is -2.31. The fourth-order valence-electron chi connectivity index (χ4n) is 2.57. The Labute approximate surface area is 116 Å². The molecule has 0 spiro atoms. The molecule has 2 atom stereocenters. The maximum Gasteiger partial charge on any atom is 0.128 e. The summed E-state index contributed by atoms with van der Waals surface area (Å²) in [5.41, 5.74) is 7.61. The van der Waals surface area contributed by atoms with Crippen LogP contribution in [0.2, 0.25) is 0 Å². The lowest BCUT2D eigenvalue weighted by Gasteiger charge is -2.23. The van der Waals surface area contributed by atoms with E-state index in [-0.39, 0.29) is 17.9 Å². The molecule has 20 heavy (non-hydrogen) atoms. The highest BCUT2D eigenvalue weighted by Gasteiger charge is 2.23. The fourth-order valence-corrected chi connectivity index (χ4v) is 2.57. The van der Waals surface area contributed by atoms with Crippen LogP contribution in [0, 0.1) is 5.82 Å². The largest absolute Gasteiger partial charge is 0.326 e. The first-order valence-corrected chi connectivity index (χ1v) is 6.61. The molecule has 102 valence electrons. The van der Waals surface area contributed by atoms with Gasteiger partial charge in [0.25, 0.3) is 0 Å². The van der Waals surface area contributed by atoms with Crippen LogP contribution in [-0.4, -0.2) is 15.8 Å². The van der Waals surface area contributed by atoms with Crippen molar-refractivity contribution in [3.05, 3.63) is 66.1 Å². The molecule has 0 aliphatic heterocycles. The highest BCUT2D eigenvalue weighted by molar-refractivity contribution is 5.78. The zero-order valence-corrected chi connectivity index (χ0v) is 11.2. The topological polar surface area (TPSA) is 43.8 Å². The van der Waals surface area contributed by atoms with Crippen LogP contribution in [-0.2, 0) is 0 Å². The number of hydrogen-bond acceptors (Lipinski definition) is 2. The molecule has 3 rings (SSSR count). The van der Waals surface area contributed by atoms with Gasteiger partial charge in [0.1, 0.15) is 5.82 Å². The van der Waals surface area contributed by atoms with Crippen molar-refractivity contribution in [3.63, 3.8) is 0 Å². The van der Waals surface area contributed by atoms with Gasteiger partial charge in [-0.15, -0.1) is 0 Å². The van der Waals surface area contributed by atoms with Gasteiger partial charge in [0, 0.05) is 17.0 Å². The smallest absolute Gasteiger partial charge is 0.128 e. The SMILES string of the molecule is CC(N)C(c1ccccc1F)n1ncc2ccccc21. The van der Waals surface area contributed by atoms with E-state index in [1.165, 1.54) is 6.07 Å². The van der Waals surface area contributed by atoms with Crippen LogP contribution >= 0.6 is 0 Å². The summed E-state index contributed by atoms with van der Waals surface area (Å²) < 4.78 is 15.9. The van der Waals surface area contributed by atoms with E-state index in [4.69, 9.17) is 5.73 Å². The summed E-state index contributed by atoms with van der Waals surface area (Å²) in [7, 11) is 0. The van der Waals surface area contributed by atoms with E-state index in [1.807, 2.05) is 37.3 Å². The summed E-state index contributed by atoms with van der Waals surface area (Å²) >= 11 is 0. The van der Waals surface area contributed by atoms with Crippen LogP contribution in [0.1, 0.15) is 18.5 Å². The van der Waals surface area contributed by atoms with E-state index in [9.17, 15) is 4.39 Å². The van der Waals surface area contributed by atoms with Crippen LogP contribution in [0.3, 0.4) is 0 Å². The normalized spacial score (nSPS) is 14.3. The average molecular weight is 269 g/mol. The van der Waals surface area contributed by atoms with Gasteiger partial charge in [-0.2, -0.15) is 5.10 Å². The Balaban J connectivity index is 2.19. The fraction of sp³-hybridized carbons (Fsp3) is 0.188. The predicted octanol–water partition coefficient (Wildman–Crippen LogP) is 3.11. The van der Waals surface area contributed by atoms with Crippen LogP contribution in [0.5, 0.6) is 0 Å². The number of nitrogens with two attached hydrogens (primary N) is 1. The maximum atomic E-state index is 14.1. The Kier molecular flexibility index (Phi) is 3.24. The highest BCUT2D eigenvalue weighted by atomic mass is 19.1. The molecule has 2 aromatic carbocycles. The third-order valence-electron chi connectivity index (χ3n) is 3.49. The quantitative estimate of drug-likeness (QED) is 0.794. The van der Waals surface area contributed by atoms with Crippen molar-refractivity contribution in [1.29, 1.82) is 0 Å². The second-order valence-electron chi connectivity index (χ2n) is 4.97. The molecule has 2 N–H and O–H groups in total. The van der Waals surface area contributed by atoms with E-state index in [1.54, 1.807) is 23.0 Å². The van der Waals surface area contributed by atoms with Gasteiger partial charge in [0.15, 0.2) is 0 Å². The molecule has 0 saturated heterocycles. The van der Waals surface area contributed by atoms with Gasteiger partial charge in [0.05, 0.1) is 17.8 Å². The molecule has 1 heterocycles. The van der Waals surface area contributed by atoms with Gasteiger partial charge in [-0.25, -0.2) is 4.39 Å². The average Bonchev–Trinajstić information content (AvgIpc) is 2.85. The second-order valence-corrected chi connectivity index (χ2v) is 4.97. The molecule has 0 aliphatic rings. The first-order chi connectivity index (χ1) is 9.68. The summed E-state index contributed by atoms with van der Waals surface area (Å²) in [4.78, 5) is 0. The number of para-hydroxylation sites is 1. The van der Waals surface area contributed by atoms with E-state index in [0.717, 1.165) is 10.9 Å². The maximum absolute atomic E-state index is 14.1. The van der Waals surface area contributed by atoms with Crippen molar-refractivity contribution < 1.29 is 4.39 Å². The van der Waals surface area contributed by atoms with Gasteiger partial charge < -0.3 is 5.73 Å². The van der Waals surface area contributed by atoms with Crippen molar-refractivity contribution in [2.75, 3.05) is 0 Å². The summed E-state index contributed by atoms with van der Waals surface area (Å²) in [6.07, 6.45) is 1.78. The van der Waals surface area contributed by atoms with Gasteiger partial charge in [-0.05, 0) is 19.1 Å². The molecular weight excluding hydrogens is 253 g/mol. The molecular formula is C16H16FN3. The number of fused-ring (bicyclic) bond motifs is 1. The van der Waals surface area contributed by atoms with E-state index in [2.05, 4.69) is 5.10 Å². The minimum atomic E-state index is -0.323. The first-order valence-electron chi connectivity index (χ1n) is 6.61. The van der Waals surface area contributed by atoms with Crippen LogP contribution in [0.4, 0.5) is 4.39 Å². The van der Waals surface area contributed by atoms with Gasteiger partial charge in [-0.1, -0.05) is 36.4 Å². The molecule has 1 aromatic heterocycles. The van der Waals surface area contributed by atoms with Crippen molar-refractivity contribution in [2.24, 2.45) is 5.73 Å². The summed E-state index contributed by atoms with van der Waals surface area (Å²) in [5.74, 6) is -0.255. The van der Waals surface area contributed by atoms with Crippen molar-refractivity contribution in [2.45, 2.75) is 19.0 Å². The molecule has 4 heteroatoms. The summed E-state index contributed by atoms with van der Waals surface area (Å²) in [6, 6.07) is 14.0. The minimum absolute atomic E-state index is 0.254. The number of benzene rings is 2. The third-order valence-corrected chi connectivity index (χ3v) is 3.49. The third kappa shape index (κ3) is 2.08. The Morgan fingerprint density at radius 1 is 1.10 bits per heavy atom. The molecule has 3 nitrogen and oxygen atoms in total. The molecule has 3 aromatic rings. The minimum Gasteiger partial charge on any atom is -0.326 e. The number of hydrogen-bond donors (Lipinski definition) is 1. The van der Waals surface area contributed by atoms with Crippen molar-refractivity contribution in [1.82, 2.24) is 9.78 Å². The lowest BCUT2D eigenvalue weighted by atomic mass is 10.0. The first kappa shape index (κ1) is 12.8. The summed E-state index contributed by atoms with van der Waals surface area (Å²) in [5, 5.41) is 5.43. The zero-order chi connectivity index (χ0) is 14.1. The molecule has 0 fully saturated rings. The highest BCUT2D eigenvalue weighted by Crippen LogP contribution is 2.27. The van der Waals surface area contributed by atoms with Crippen molar-refractivity contribution in [3.8, 4) is 0 Å². The molecule has 0 saturated carbocycles. The predicted molar refractivity (Wildman–Crippen MR) is 77.9 cm³/mol. The number of nitrogens with zero attached hydrogens (tertiary/aromatic N) is 2. The molecule has 2 unspecified atom stereocenters. The van der Waals surface area contributed by atoms with E-state index >= 15 is 0 Å². The number of halogens is 1. The Bertz CT molecular complexity index is 733. The summed E-state index contributed by atoms with van der Waals surface area (Å²) in [6.45, 7) is 1.87. The lowest BCUT2D eigenvalue weighted by molar-refractivity contribution is 0.445. The van der Waals surface area contributed by atoms with Crippen LogP contribution < -0.4 is 5.73 Å². The van der Waals surface area contributed by atoms with Crippen molar-refractivity contribution >= 4 is 10.9 Å². The van der Waals surface area contributed by atoms with Gasteiger partial charge in [0.2, 0.25) is 0 Å². The molecule has 0 radical (unpaired) electrons. The molecule has 0 amide bonds. The monoisotopic (exact) mass is 269 g/mol. The Hall–Kier alpha value is -2.20. The Morgan fingerprint density at radius 2 is 1.80 bits per heavy atom. The van der Waals surface area contributed by atoms with Gasteiger partial charge in [-0.3, -0.25) is 4.68 Å². The zero-order valence-electron chi connectivity index (χ0n) is 11.2.